The van der Waals surface area contributed by atoms with Gasteiger partial charge in [0, 0.05) is 17.9 Å². The zero-order valence-corrected chi connectivity index (χ0v) is 8.98. The van der Waals surface area contributed by atoms with E-state index in [4.69, 9.17) is 0 Å². The van der Waals surface area contributed by atoms with E-state index in [9.17, 15) is 13.6 Å². The first-order chi connectivity index (χ1) is 5.88. The van der Waals surface area contributed by atoms with Crippen molar-refractivity contribution in [2.75, 3.05) is 13.1 Å². The molecule has 5 heteroatoms. The van der Waals surface area contributed by atoms with Crippen LogP contribution in [0.3, 0.4) is 0 Å². The van der Waals surface area contributed by atoms with Gasteiger partial charge in [-0.3, -0.25) is 4.79 Å². The van der Waals surface area contributed by atoms with Gasteiger partial charge in [0.1, 0.15) is 0 Å². The lowest BCUT2D eigenvalue weighted by Crippen LogP contribution is -2.32. The van der Waals surface area contributed by atoms with Crippen LogP contribution in [0.1, 0.15) is 19.8 Å². The molecule has 0 bridgehead atoms. The SMILES string of the molecule is CC(F)(F)CC(=O)N1CCC(Br)C1. The predicted octanol–water partition coefficient (Wildman–Crippen LogP) is 2.03. The van der Waals surface area contributed by atoms with Crippen molar-refractivity contribution in [2.45, 2.75) is 30.5 Å². The summed E-state index contributed by atoms with van der Waals surface area (Å²) in [7, 11) is 0. The molecule has 0 aromatic rings. The minimum Gasteiger partial charge on any atom is -0.341 e. The molecule has 1 fully saturated rings. The van der Waals surface area contributed by atoms with Gasteiger partial charge in [-0.05, 0) is 13.3 Å². The molecule has 2 nitrogen and oxygen atoms in total. The summed E-state index contributed by atoms with van der Waals surface area (Å²) < 4.78 is 24.9. The smallest absolute Gasteiger partial charge is 0.254 e. The molecule has 0 saturated carbocycles. The average molecular weight is 256 g/mol. The first-order valence-electron chi connectivity index (χ1n) is 4.18. The number of amides is 1. The quantitative estimate of drug-likeness (QED) is 0.692. The van der Waals surface area contributed by atoms with Gasteiger partial charge in [-0.1, -0.05) is 15.9 Å². The molecule has 0 spiro atoms. The van der Waals surface area contributed by atoms with E-state index >= 15 is 0 Å². The van der Waals surface area contributed by atoms with Gasteiger partial charge in [0.2, 0.25) is 5.91 Å². The highest BCUT2D eigenvalue weighted by atomic mass is 79.9. The van der Waals surface area contributed by atoms with Gasteiger partial charge in [-0.25, -0.2) is 8.78 Å². The van der Waals surface area contributed by atoms with Crippen LogP contribution < -0.4 is 0 Å². The Morgan fingerprint density at radius 2 is 2.31 bits per heavy atom. The van der Waals surface area contributed by atoms with Crippen molar-refractivity contribution >= 4 is 21.8 Å². The first-order valence-corrected chi connectivity index (χ1v) is 5.10. The number of carbonyl (C=O) groups is 1. The van der Waals surface area contributed by atoms with Crippen molar-refractivity contribution in [3.05, 3.63) is 0 Å². The summed E-state index contributed by atoms with van der Waals surface area (Å²) in [5.74, 6) is -3.34. The summed E-state index contributed by atoms with van der Waals surface area (Å²) in [4.78, 5) is 13.0. The van der Waals surface area contributed by atoms with Gasteiger partial charge in [0.05, 0.1) is 6.42 Å². The average Bonchev–Trinajstić information content (AvgIpc) is 2.31. The Labute approximate surface area is 84.4 Å². The topological polar surface area (TPSA) is 20.3 Å². The van der Waals surface area contributed by atoms with Crippen LogP contribution in [0.15, 0.2) is 0 Å². The van der Waals surface area contributed by atoms with E-state index in [0.717, 1.165) is 13.3 Å². The molecule has 1 rings (SSSR count). The van der Waals surface area contributed by atoms with Crippen LogP contribution in [0.2, 0.25) is 0 Å². The van der Waals surface area contributed by atoms with Crippen molar-refractivity contribution in [3.8, 4) is 0 Å². The van der Waals surface area contributed by atoms with Crippen LogP contribution in [0.5, 0.6) is 0 Å². The van der Waals surface area contributed by atoms with Crippen LogP contribution in [0, 0.1) is 0 Å². The van der Waals surface area contributed by atoms with Gasteiger partial charge >= 0.3 is 0 Å². The van der Waals surface area contributed by atoms with Crippen molar-refractivity contribution in [1.82, 2.24) is 4.90 Å². The van der Waals surface area contributed by atoms with Crippen molar-refractivity contribution in [3.63, 3.8) is 0 Å². The third kappa shape index (κ3) is 3.58. The maximum Gasteiger partial charge on any atom is 0.254 e. The minimum absolute atomic E-state index is 0.266. The highest BCUT2D eigenvalue weighted by Crippen LogP contribution is 2.22. The Bertz CT molecular complexity index is 205. The summed E-state index contributed by atoms with van der Waals surface area (Å²) in [5, 5.41) is 0. The van der Waals surface area contributed by atoms with E-state index in [1.807, 2.05) is 0 Å². The molecule has 1 atom stereocenters. The molecular weight excluding hydrogens is 244 g/mol. The molecule has 0 radical (unpaired) electrons. The Hall–Kier alpha value is -0.190. The molecule has 76 valence electrons. The van der Waals surface area contributed by atoms with Gasteiger partial charge in [0.15, 0.2) is 0 Å². The summed E-state index contributed by atoms with van der Waals surface area (Å²) in [6, 6.07) is 0. The second-order valence-corrected chi connectivity index (χ2v) is 4.77. The number of alkyl halides is 3. The molecule has 0 N–H and O–H groups in total. The molecule has 1 aliphatic rings. The molecular formula is C8H12BrF2NO. The predicted molar refractivity (Wildman–Crippen MR) is 49.2 cm³/mol. The second-order valence-electron chi connectivity index (χ2n) is 3.47. The third-order valence-corrected chi connectivity index (χ3v) is 2.69. The molecule has 1 amide bonds. The normalized spacial score (nSPS) is 23.7. The first kappa shape index (κ1) is 10.9. The molecule has 1 saturated heterocycles. The minimum atomic E-state index is -2.89. The van der Waals surface area contributed by atoms with E-state index in [0.29, 0.717) is 13.1 Å². The Kier molecular flexibility index (Phi) is 3.27. The Morgan fingerprint density at radius 1 is 1.69 bits per heavy atom. The van der Waals surface area contributed by atoms with Gasteiger partial charge in [-0.15, -0.1) is 0 Å². The summed E-state index contributed by atoms with van der Waals surface area (Å²) in [6.45, 7) is 1.91. The Balaban J connectivity index is 2.41. The lowest BCUT2D eigenvalue weighted by molar-refractivity contribution is -0.136. The van der Waals surface area contributed by atoms with Crippen molar-refractivity contribution < 1.29 is 13.6 Å². The Morgan fingerprint density at radius 3 is 2.69 bits per heavy atom. The number of nitrogens with zero attached hydrogens (tertiary/aromatic N) is 1. The number of hydrogen-bond donors (Lipinski definition) is 0. The maximum absolute atomic E-state index is 12.5. The highest BCUT2D eigenvalue weighted by Gasteiger charge is 2.31. The summed E-state index contributed by atoms with van der Waals surface area (Å²) in [5.41, 5.74) is 0. The van der Waals surface area contributed by atoms with E-state index < -0.39 is 18.3 Å². The van der Waals surface area contributed by atoms with Crippen LogP contribution in [0.25, 0.3) is 0 Å². The second kappa shape index (κ2) is 3.90. The van der Waals surface area contributed by atoms with Crippen LogP contribution in [0.4, 0.5) is 8.78 Å². The molecule has 0 aliphatic carbocycles. The zero-order valence-electron chi connectivity index (χ0n) is 7.40. The fourth-order valence-electron chi connectivity index (χ4n) is 1.32. The van der Waals surface area contributed by atoms with E-state index in [-0.39, 0.29) is 4.83 Å². The molecule has 13 heavy (non-hydrogen) atoms. The van der Waals surface area contributed by atoms with Crippen molar-refractivity contribution in [2.24, 2.45) is 0 Å². The number of hydrogen-bond acceptors (Lipinski definition) is 1. The standard InChI is InChI=1S/C8H12BrF2NO/c1-8(10,11)4-7(13)12-3-2-6(9)5-12/h6H,2-5H2,1H3. The summed E-state index contributed by atoms with van der Waals surface area (Å²) >= 11 is 3.35. The maximum atomic E-state index is 12.5. The third-order valence-electron chi connectivity index (χ3n) is 1.95. The fraction of sp³-hybridized carbons (Fsp3) is 0.875. The lowest BCUT2D eigenvalue weighted by Gasteiger charge is -2.18. The van der Waals surface area contributed by atoms with Crippen LogP contribution >= 0.6 is 15.9 Å². The summed E-state index contributed by atoms with van der Waals surface area (Å²) in [6.07, 6.45) is 0.174. The van der Waals surface area contributed by atoms with Gasteiger partial charge in [0.25, 0.3) is 5.92 Å². The van der Waals surface area contributed by atoms with Gasteiger partial charge in [-0.2, -0.15) is 0 Å². The largest absolute Gasteiger partial charge is 0.341 e. The van der Waals surface area contributed by atoms with Crippen LogP contribution in [-0.2, 0) is 4.79 Å². The molecule has 0 aromatic carbocycles. The van der Waals surface area contributed by atoms with Crippen molar-refractivity contribution in [1.29, 1.82) is 0 Å². The van der Waals surface area contributed by atoms with E-state index in [1.165, 1.54) is 4.90 Å². The molecule has 1 unspecified atom stereocenters. The number of halogens is 3. The molecule has 1 heterocycles. The lowest BCUT2D eigenvalue weighted by atomic mass is 10.2. The zero-order chi connectivity index (χ0) is 10.1. The number of likely N-dealkylation sites (tertiary alicyclic amines) is 1. The number of rotatable bonds is 2. The monoisotopic (exact) mass is 255 g/mol. The highest BCUT2D eigenvalue weighted by molar-refractivity contribution is 9.09. The molecule has 1 aliphatic heterocycles. The molecule has 0 aromatic heterocycles. The van der Waals surface area contributed by atoms with E-state index in [1.54, 1.807) is 0 Å². The van der Waals surface area contributed by atoms with Gasteiger partial charge < -0.3 is 4.90 Å². The number of carbonyl (C=O) groups excluding carboxylic acids is 1. The fourth-order valence-corrected chi connectivity index (χ4v) is 1.88. The van der Waals surface area contributed by atoms with E-state index in [2.05, 4.69) is 15.9 Å². The van der Waals surface area contributed by atoms with Crippen LogP contribution in [-0.4, -0.2) is 34.6 Å².